The first kappa shape index (κ1) is 18.3. The second-order valence-electron chi connectivity index (χ2n) is 5.72. The Labute approximate surface area is 144 Å². The monoisotopic (exact) mass is 353 g/mol. The number of amides is 1. The molecule has 24 heavy (non-hydrogen) atoms. The topological polar surface area (TPSA) is 68.5 Å². The van der Waals surface area contributed by atoms with Crippen LogP contribution < -0.4 is 4.74 Å². The second-order valence-corrected chi connectivity index (χ2v) is 6.81. The Hall–Kier alpha value is -2.09. The van der Waals surface area contributed by atoms with Gasteiger partial charge in [0.25, 0.3) is 11.1 Å². The number of rotatable bonds is 7. The fourth-order valence-corrected chi connectivity index (χ4v) is 2.89. The molecule has 0 spiro atoms. The second kappa shape index (κ2) is 8.14. The molecule has 2 aromatic rings. The summed E-state index contributed by atoms with van der Waals surface area (Å²) in [4.78, 5) is 13.7. The molecule has 0 saturated heterocycles. The van der Waals surface area contributed by atoms with E-state index in [1.165, 1.54) is 36.0 Å². The number of hydrogen-bond donors (Lipinski definition) is 0. The summed E-state index contributed by atoms with van der Waals surface area (Å²) in [6.45, 7) is 4.01. The minimum absolute atomic E-state index is 0.00249. The lowest BCUT2D eigenvalue weighted by molar-refractivity contribution is -0.128. The highest BCUT2D eigenvalue weighted by Gasteiger charge is 2.27. The smallest absolute Gasteiger partial charge is 0.277 e. The summed E-state index contributed by atoms with van der Waals surface area (Å²) in [7, 11) is 3.43. The third-order valence-corrected chi connectivity index (χ3v) is 4.51. The van der Waals surface area contributed by atoms with Gasteiger partial charge in [0.15, 0.2) is 6.61 Å². The number of nitrogens with zero attached hydrogens (tertiary/aromatic N) is 3. The van der Waals surface area contributed by atoms with Crippen LogP contribution in [-0.4, -0.2) is 40.3 Å². The summed E-state index contributed by atoms with van der Waals surface area (Å²) in [6, 6.07) is 5.66. The third-order valence-electron chi connectivity index (χ3n) is 3.14. The molecule has 0 fully saturated rings. The molecule has 0 aliphatic heterocycles. The minimum atomic E-state index is -0.330. The van der Waals surface area contributed by atoms with Gasteiger partial charge >= 0.3 is 0 Å². The van der Waals surface area contributed by atoms with Crippen LogP contribution in [0.3, 0.4) is 0 Å². The van der Waals surface area contributed by atoms with E-state index in [0.29, 0.717) is 16.9 Å². The van der Waals surface area contributed by atoms with Crippen molar-refractivity contribution < 1.29 is 18.3 Å². The molecule has 2 rings (SSSR count). The van der Waals surface area contributed by atoms with Crippen LogP contribution in [0.5, 0.6) is 5.75 Å². The molecule has 1 heterocycles. The lowest BCUT2D eigenvalue weighted by atomic mass is 10.1. The van der Waals surface area contributed by atoms with E-state index in [4.69, 9.17) is 9.15 Å². The summed E-state index contributed by atoms with van der Waals surface area (Å²) in [6.07, 6.45) is 0. The minimum Gasteiger partial charge on any atom is -0.484 e. The van der Waals surface area contributed by atoms with Gasteiger partial charge in [-0.25, -0.2) is 4.39 Å². The molecule has 6 nitrogen and oxygen atoms in total. The van der Waals surface area contributed by atoms with Crippen LogP contribution in [0.15, 0.2) is 33.9 Å². The van der Waals surface area contributed by atoms with Crippen LogP contribution in [0.2, 0.25) is 0 Å². The molecule has 8 heteroatoms. The molecule has 1 amide bonds. The zero-order chi connectivity index (χ0) is 17.7. The van der Waals surface area contributed by atoms with Crippen molar-refractivity contribution >= 4 is 17.7 Å². The molecule has 0 radical (unpaired) electrons. The molecular weight excluding hydrogens is 333 g/mol. The molecule has 0 N–H and O–H groups in total. The van der Waals surface area contributed by atoms with Gasteiger partial charge in [-0.15, -0.1) is 10.2 Å². The first-order valence-electron chi connectivity index (χ1n) is 7.45. The van der Waals surface area contributed by atoms with Crippen LogP contribution in [0.25, 0.3) is 0 Å². The summed E-state index contributed by atoms with van der Waals surface area (Å²) >= 11 is 1.24. The van der Waals surface area contributed by atoms with Crippen LogP contribution in [0, 0.1) is 11.7 Å². The number of halogens is 1. The predicted molar refractivity (Wildman–Crippen MR) is 88.2 cm³/mol. The van der Waals surface area contributed by atoms with Crippen molar-refractivity contribution in [2.24, 2.45) is 5.92 Å². The normalized spacial score (nSPS) is 12.2. The Kier molecular flexibility index (Phi) is 6.19. The number of hydrogen-bond acceptors (Lipinski definition) is 6. The van der Waals surface area contributed by atoms with Crippen molar-refractivity contribution in [3.63, 3.8) is 0 Å². The van der Waals surface area contributed by atoms with Crippen molar-refractivity contribution in [1.29, 1.82) is 0 Å². The van der Waals surface area contributed by atoms with E-state index in [1.54, 1.807) is 19.0 Å². The zero-order valence-corrected chi connectivity index (χ0v) is 14.8. The Morgan fingerprint density at radius 1 is 1.29 bits per heavy atom. The number of thioether (sulfide) groups is 1. The van der Waals surface area contributed by atoms with Gasteiger partial charge in [0.2, 0.25) is 5.91 Å². The Bertz CT molecular complexity index is 673. The largest absolute Gasteiger partial charge is 0.484 e. The SMILES string of the molecule is CC(C)[C@@H](Sc1nnc(COc2ccc(F)cc2)o1)C(=O)N(C)C. The molecule has 130 valence electrons. The summed E-state index contributed by atoms with van der Waals surface area (Å²) in [5.41, 5.74) is 0. The van der Waals surface area contributed by atoms with Crippen LogP contribution >= 0.6 is 11.8 Å². The molecule has 0 saturated carbocycles. The highest BCUT2D eigenvalue weighted by Crippen LogP contribution is 2.28. The maximum atomic E-state index is 12.8. The van der Waals surface area contributed by atoms with Crippen LogP contribution in [0.1, 0.15) is 19.7 Å². The van der Waals surface area contributed by atoms with Crippen molar-refractivity contribution in [2.75, 3.05) is 14.1 Å². The van der Waals surface area contributed by atoms with E-state index in [2.05, 4.69) is 10.2 Å². The quantitative estimate of drug-likeness (QED) is 0.713. The average Bonchev–Trinajstić information content (AvgIpc) is 2.98. The van der Waals surface area contributed by atoms with Gasteiger partial charge < -0.3 is 14.1 Å². The van der Waals surface area contributed by atoms with Crippen molar-refractivity contribution in [2.45, 2.75) is 30.9 Å². The van der Waals surface area contributed by atoms with Gasteiger partial charge in [-0.3, -0.25) is 4.79 Å². The lowest BCUT2D eigenvalue weighted by Crippen LogP contribution is -2.34. The number of carbonyl (C=O) groups is 1. The Morgan fingerprint density at radius 2 is 1.96 bits per heavy atom. The molecule has 0 bridgehead atoms. The van der Waals surface area contributed by atoms with E-state index < -0.39 is 0 Å². The highest BCUT2D eigenvalue weighted by molar-refractivity contribution is 8.00. The van der Waals surface area contributed by atoms with Crippen LogP contribution in [0.4, 0.5) is 4.39 Å². The van der Waals surface area contributed by atoms with Crippen molar-refractivity contribution in [3.05, 3.63) is 36.0 Å². The van der Waals surface area contributed by atoms with Crippen LogP contribution in [-0.2, 0) is 11.4 Å². The van der Waals surface area contributed by atoms with E-state index in [1.807, 2.05) is 13.8 Å². The fourth-order valence-electron chi connectivity index (χ4n) is 1.85. The third kappa shape index (κ3) is 4.95. The standard InChI is InChI=1S/C16H20FN3O3S/c1-10(2)14(15(21)20(3)4)24-16-19-18-13(23-16)9-22-12-7-5-11(17)6-8-12/h5-8,10,14H,9H2,1-4H3/t14-/m1/s1. The number of aromatic nitrogens is 2. The van der Waals surface area contributed by atoms with E-state index in [0.717, 1.165) is 0 Å². The molecule has 0 unspecified atom stereocenters. The van der Waals surface area contributed by atoms with Gasteiger partial charge in [0, 0.05) is 14.1 Å². The zero-order valence-electron chi connectivity index (χ0n) is 14.0. The molecule has 1 aromatic heterocycles. The summed E-state index contributed by atoms with van der Waals surface area (Å²) < 4.78 is 23.8. The molecule has 0 aliphatic rings. The molecule has 0 aliphatic carbocycles. The first-order valence-corrected chi connectivity index (χ1v) is 8.33. The number of benzene rings is 1. The van der Waals surface area contributed by atoms with Gasteiger partial charge in [-0.05, 0) is 30.2 Å². The molecule has 1 aromatic carbocycles. The lowest BCUT2D eigenvalue weighted by Gasteiger charge is -2.21. The Morgan fingerprint density at radius 3 is 2.54 bits per heavy atom. The van der Waals surface area contributed by atoms with E-state index in [-0.39, 0.29) is 29.5 Å². The van der Waals surface area contributed by atoms with Gasteiger partial charge in [-0.2, -0.15) is 0 Å². The predicted octanol–water partition coefficient (Wildman–Crippen LogP) is 2.99. The summed E-state index contributed by atoms with van der Waals surface area (Å²) in [5.74, 6) is 0.588. The highest BCUT2D eigenvalue weighted by atomic mass is 32.2. The maximum absolute atomic E-state index is 12.8. The number of carbonyl (C=O) groups excluding carboxylic acids is 1. The maximum Gasteiger partial charge on any atom is 0.277 e. The van der Waals surface area contributed by atoms with E-state index in [9.17, 15) is 9.18 Å². The summed E-state index contributed by atoms with van der Waals surface area (Å²) in [5, 5.41) is 7.87. The van der Waals surface area contributed by atoms with Gasteiger partial charge in [0.1, 0.15) is 11.6 Å². The molecule has 1 atom stereocenters. The average molecular weight is 353 g/mol. The van der Waals surface area contributed by atoms with Crippen molar-refractivity contribution in [1.82, 2.24) is 15.1 Å². The van der Waals surface area contributed by atoms with E-state index >= 15 is 0 Å². The number of ether oxygens (including phenoxy) is 1. The van der Waals surface area contributed by atoms with Gasteiger partial charge in [0.05, 0.1) is 5.25 Å². The molecular formula is C16H20FN3O3S. The Balaban J connectivity index is 1.96. The first-order chi connectivity index (χ1) is 11.4. The fraction of sp³-hybridized carbons (Fsp3) is 0.438. The van der Waals surface area contributed by atoms with Crippen molar-refractivity contribution in [3.8, 4) is 5.75 Å². The van der Waals surface area contributed by atoms with Gasteiger partial charge in [-0.1, -0.05) is 25.6 Å².